The summed E-state index contributed by atoms with van der Waals surface area (Å²) < 4.78 is 9.76. The van der Waals surface area contributed by atoms with Gasteiger partial charge in [0.05, 0.1) is 12.0 Å². The first-order valence-corrected chi connectivity index (χ1v) is 7.71. The third kappa shape index (κ3) is 7.43. The SMILES string of the molecule is C=C(C)C(=O)OC(O)(CC(O)(CCC)CCC)OC(=O)C(=C)C. The molecule has 132 valence electrons. The Morgan fingerprint density at radius 3 is 1.52 bits per heavy atom. The van der Waals surface area contributed by atoms with Crippen LogP contribution in [0.4, 0.5) is 0 Å². The molecule has 0 aliphatic heterocycles. The van der Waals surface area contributed by atoms with Crippen LogP contribution in [-0.2, 0) is 19.1 Å². The molecule has 0 rings (SSSR count). The maximum absolute atomic E-state index is 11.7. The molecule has 6 nitrogen and oxygen atoms in total. The van der Waals surface area contributed by atoms with Crippen LogP contribution in [0.1, 0.15) is 59.8 Å². The van der Waals surface area contributed by atoms with Crippen LogP contribution >= 0.6 is 0 Å². The van der Waals surface area contributed by atoms with Crippen LogP contribution in [0, 0.1) is 0 Å². The number of hydrogen-bond donors (Lipinski definition) is 2. The largest absolute Gasteiger partial charge is 0.394 e. The van der Waals surface area contributed by atoms with E-state index in [-0.39, 0.29) is 11.1 Å². The van der Waals surface area contributed by atoms with Gasteiger partial charge < -0.3 is 19.7 Å². The Morgan fingerprint density at radius 1 is 0.913 bits per heavy atom. The van der Waals surface area contributed by atoms with E-state index in [1.807, 2.05) is 13.8 Å². The Morgan fingerprint density at radius 2 is 1.26 bits per heavy atom. The molecule has 23 heavy (non-hydrogen) atoms. The second-order valence-corrected chi connectivity index (χ2v) is 5.95. The zero-order chi connectivity index (χ0) is 18.3. The highest BCUT2D eigenvalue weighted by atomic mass is 16.8. The van der Waals surface area contributed by atoms with Gasteiger partial charge in [-0.25, -0.2) is 9.59 Å². The van der Waals surface area contributed by atoms with Gasteiger partial charge in [-0.1, -0.05) is 39.8 Å². The summed E-state index contributed by atoms with van der Waals surface area (Å²) in [6, 6.07) is 0. The van der Waals surface area contributed by atoms with Crippen molar-refractivity contribution in [3.05, 3.63) is 24.3 Å². The zero-order valence-electron chi connectivity index (χ0n) is 14.5. The van der Waals surface area contributed by atoms with Gasteiger partial charge in [0.1, 0.15) is 0 Å². The fourth-order valence-electron chi connectivity index (χ4n) is 2.21. The predicted molar refractivity (Wildman–Crippen MR) is 86.1 cm³/mol. The second kappa shape index (κ2) is 8.84. The molecule has 0 saturated heterocycles. The van der Waals surface area contributed by atoms with E-state index in [1.54, 1.807) is 0 Å². The molecule has 0 bridgehead atoms. The summed E-state index contributed by atoms with van der Waals surface area (Å²) in [7, 11) is 0. The van der Waals surface area contributed by atoms with Crippen LogP contribution < -0.4 is 0 Å². The van der Waals surface area contributed by atoms with Gasteiger partial charge in [0.15, 0.2) is 0 Å². The summed E-state index contributed by atoms with van der Waals surface area (Å²) in [6.45, 7) is 13.4. The smallest absolute Gasteiger partial charge is 0.376 e. The van der Waals surface area contributed by atoms with E-state index >= 15 is 0 Å². The van der Waals surface area contributed by atoms with E-state index in [0.717, 1.165) is 0 Å². The minimum atomic E-state index is -2.58. The van der Waals surface area contributed by atoms with Crippen LogP contribution in [0.5, 0.6) is 0 Å². The topological polar surface area (TPSA) is 93.1 Å². The Hall–Kier alpha value is -1.66. The summed E-state index contributed by atoms with van der Waals surface area (Å²) in [4.78, 5) is 23.5. The minimum absolute atomic E-state index is 0.0318. The van der Waals surface area contributed by atoms with Crippen molar-refractivity contribution in [2.24, 2.45) is 0 Å². The molecule has 0 radical (unpaired) electrons. The van der Waals surface area contributed by atoms with Crippen molar-refractivity contribution in [1.82, 2.24) is 0 Å². The van der Waals surface area contributed by atoms with Gasteiger partial charge in [0.25, 0.3) is 0 Å². The number of rotatable bonds is 10. The van der Waals surface area contributed by atoms with Crippen molar-refractivity contribution < 1.29 is 29.3 Å². The van der Waals surface area contributed by atoms with E-state index in [1.165, 1.54) is 13.8 Å². The van der Waals surface area contributed by atoms with Gasteiger partial charge in [-0.3, -0.25) is 0 Å². The van der Waals surface area contributed by atoms with Gasteiger partial charge in [0.2, 0.25) is 0 Å². The molecule has 2 N–H and O–H groups in total. The summed E-state index contributed by atoms with van der Waals surface area (Å²) in [5, 5.41) is 21.2. The normalized spacial score (nSPS) is 11.7. The molecule has 6 heteroatoms. The number of ether oxygens (including phenoxy) is 2. The molecule has 0 aliphatic carbocycles. The zero-order valence-corrected chi connectivity index (χ0v) is 14.5. The lowest BCUT2D eigenvalue weighted by Crippen LogP contribution is -2.48. The Balaban J connectivity index is 5.46. The van der Waals surface area contributed by atoms with Crippen molar-refractivity contribution >= 4 is 11.9 Å². The quantitative estimate of drug-likeness (QED) is 0.364. The average Bonchev–Trinajstić information content (AvgIpc) is 2.37. The molecule has 0 spiro atoms. The highest BCUT2D eigenvalue weighted by Gasteiger charge is 2.45. The van der Waals surface area contributed by atoms with Gasteiger partial charge in [0, 0.05) is 11.1 Å². The number of carbonyl (C=O) groups excluding carboxylic acids is 2. The van der Waals surface area contributed by atoms with E-state index in [9.17, 15) is 19.8 Å². The van der Waals surface area contributed by atoms with E-state index in [0.29, 0.717) is 25.7 Å². The monoisotopic (exact) mass is 328 g/mol. The van der Waals surface area contributed by atoms with E-state index in [2.05, 4.69) is 13.2 Å². The van der Waals surface area contributed by atoms with Crippen LogP contribution in [0.2, 0.25) is 0 Å². The number of carbonyl (C=O) groups is 2. The number of hydrogen-bond acceptors (Lipinski definition) is 6. The van der Waals surface area contributed by atoms with Crippen LogP contribution in [-0.4, -0.2) is 33.7 Å². The maximum Gasteiger partial charge on any atom is 0.376 e. The highest BCUT2D eigenvalue weighted by molar-refractivity contribution is 5.88. The molecule has 0 aliphatic rings. The first kappa shape index (κ1) is 21.3. The Kier molecular flexibility index (Phi) is 8.20. The molecule has 0 heterocycles. The fraction of sp³-hybridized carbons (Fsp3) is 0.647. The van der Waals surface area contributed by atoms with E-state index < -0.39 is 29.9 Å². The molecular formula is C17H28O6. The molecule has 0 saturated carbocycles. The fourth-order valence-corrected chi connectivity index (χ4v) is 2.21. The maximum atomic E-state index is 11.7. The summed E-state index contributed by atoms with van der Waals surface area (Å²) >= 11 is 0. The lowest BCUT2D eigenvalue weighted by Gasteiger charge is -2.35. The first-order valence-electron chi connectivity index (χ1n) is 7.71. The molecule has 0 unspecified atom stereocenters. The molecule has 0 aromatic carbocycles. The minimum Gasteiger partial charge on any atom is -0.394 e. The summed E-state index contributed by atoms with van der Waals surface area (Å²) in [6.07, 6.45) is 1.57. The van der Waals surface area contributed by atoms with Crippen LogP contribution in [0.25, 0.3) is 0 Å². The first-order chi connectivity index (χ1) is 10.5. The van der Waals surface area contributed by atoms with Crippen molar-refractivity contribution in [2.45, 2.75) is 71.4 Å². The average molecular weight is 328 g/mol. The van der Waals surface area contributed by atoms with Crippen molar-refractivity contribution in [2.75, 3.05) is 0 Å². The Bertz CT molecular complexity index is 432. The molecule has 0 atom stereocenters. The van der Waals surface area contributed by atoms with Crippen molar-refractivity contribution in [3.63, 3.8) is 0 Å². The van der Waals surface area contributed by atoms with Crippen LogP contribution in [0.3, 0.4) is 0 Å². The highest BCUT2D eigenvalue weighted by Crippen LogP contribution is 2.32. The van der Waals surface area contributed by atoms with E-state index in [4.69, 9.17) is 9.47 Å². The molecule has 0 aromatic heterocycles. The van der Waals surface area contributed by atoms with Crippen molar-refractivity contribution in [3.8, 4) is 0 Å². The molecule has 0 amide bonds. The molecule has 0 fully saturated rings. The van der Waals surface area contributed by atoms with Gasteiger partial charge >= 0.3 is 17.9 Å². The number of esters is 2. The second-order valence-electron chi connectivity index (χ2n) is 5.95. The van der Waals surface area contributed by atoms with Gasteiger partial charge in [-0.15, -0.1) is 0 Å². The summed E-state index contributed by atoms with van der Waals surface area (Å²) in [5.41, 5.74) is -1.27. The molecular weight excluding hydrogens is 300 g/mol. The third-order valence-electron chi connectivity index (χ3n) is 3.18. The molecule has 0 aromatic rings. The Labute approximate surface area is 137 Å². The third-order valence-corrected chi connectivity index (χ3v) is 3.18. The lowest BCUT2D eigenvalue weighted by molar-refractivity contribution is -0.338. The standard InChI is InChI=1S/C17H28O6/c1-7-9-16(20,10-8-2)11-17(21,22-14(18)12(3)4)23-15(19)13(5)6/h20-21H,3,5,7-11H2,1-2,4,6H3. The summed E-state index contributed by atoms with van der Waals surface area (Å²) in [5.74, 6) is -4.42. The van der Waals surface area contributed by atoms with Gasteiger partial charge in [-0.05, 0) is 26.7 Å². The number of aliphatic hydroxyl groups is 2. The predicted octanol–water partition coefficient (Wildman–Crippen LogP) is 2.59. The van der Waals surface area contributed by atoms with Crippen LogP contribution in [0.15, 0.2) is 24.3 Å². The van der Waals surface area contributed by atoms with Crippen molar-refractivity contribution in [1.29, 1.82) is 0 Å². The lowest BCUT2D eigenvalue weighted by atomic mass is 9.88. The van der Waals surface area contributed by atoms with Gasteiger partial charge in [-0.2, -0.15) is 0 Å².